The van der Waals surface area contributed by atoms with E-state index < -0.39 is 6.29 Å². The molecule has 3 unspecified atom stereocenters. The number of rotatable bonds is 16. The summed E-state index contributed by atoms with van der Waals surface area (Å²) >= 11 is 0. The van der Waals surface area contributed by atoms with Crippen LogP contribution in [0.15, 0.2) is 95.3 Å². The standard InChI is InChI=1S/C36H41N3O8/c1-2-45-36-27(15-17-43-19-20-44-18-16-40)28(29-23-46-32-10-6-3-7-26(29)32)21-33(47-36)35(42)38-22-24-11-13-25(14-12-24)34(41)39-31-9-5-4-8-30(31)37/h3-14,21,23,27-28,36,40H,2,15-20,22,37H2,1H3,(H,38,42)(H,39,41). The average molecular weight is 644 g/mol. The number of aliphatic hydroxyl groups excluding tert-OH is 1. The van der Waals surface area contributed by atoms with Crippen molar-refractivity contribution in [3.63, 3.8) is 0 Å². The highest BCUT2D eigenvalue weighted by Crippen LogP contribution is 2.42. The van der Waals surface area contributed by atoms with E-state index in [1.807, 2.05) is 37.3 Å². The first kappa shape index (κ1) is 33.7. The highest BCUT2D eigenvalue weighted by atomic mass is 16.7. The van der Waals surface area contributed by atoms with Gasteiger partial charge in [0.15, 0.2) is 5.76 Å². The summed E-state index contributed by atoms with van der Waals surface area (Å²) in [6, 6.07) is 21.8. The number of nitrogens with one attached hydrogen (secondary N) is 2. The molecule has 4 aromatic rings. The molecular formula is C36H41N3O8. The maximum absolute atomic E-state index is 13.5. The Morgan fingerprint density at radius 3 is 2.43 bits per heavy atom. The molecule has 1 aliphatic rings. The van der Waals surface area contributed by atoms with Gasteiger partial charge in [0.1, 0.15) is 5.58 Å². The molecule has 5 rings (SSSR count). The van der Waals surface area contributed by atoms with Crippen molar-refractivity contribution in [1.29, 1.82) is 0 Å². The van der Waals surface area contributed by atoms with E-state index in [9.17, 15) is 9.59 Å². The van der Waals surface area contributed by atoms with Gasteiger partial charge in [0.05, 0.1) is 44.1 Å². The molecule has 2 amide bonds. The number of hydrogen-bond acceptors (Lipinski definition) is 9. The van der Waals surface area contributed by atoms with E-state index in [-0.39, 0.29) is 49.2 Å². The van der Waals surface area contributed by atoms with Crippen LogP contribution in [0.4, 0.5) is 11.4 Å². The van der Waals surface area contributed by atoms with Crippen LogP contribution < -0.4 is 16.4 Å². The molecule has 0 radical (unpaired) electrons. The highest BCUT2D eigenvalue weighted by Gasteiger charge is 2.39. The fraction of sp³-hybridized carbons (Fsp3) is 0.333. The summed E-state index contributed by atoms with van der Waals surface area (Å²) < 4.78 is 29.2. The molecule has 5 N–H and O–H groups in total. The quantitative estimate of drug-likeness (QED) is 0.0978. The number of anilines is 2. The van der Waals surface area contributed by atoms with Crippen LogP contribution in [0.5, 0.6) is 0 Å². The zero-order valence-corrected chi connectivity index (χ0v) is 26.4. The van der Waals surface area contributed by atoms with Gasteiger partial charge in [-0.1, -0.05) is 42.5 Å². The molecule has 47 heavy (non-hydrogen) atoms. The third kappa shape index (κ3) is 8.78. The van der Waals surface area contributed by atoms with Gasteiger partial charge in [-0.3, -0.25) is 9.59 Å². The number of hydrogen-bond donors (Lipinski definition) is 4. The molecule has 248 valence electrons. The number of amides is 2. The lowest BCUT2D eigenvalue weighted by Crippen LogP contribution is -2.39. The van der Waals surface area contributed by atoms with Crippen LogP contribution in [-0.4, -0.2) is 62.9 Å². The van der Waals surface area contributed by atoms with Crippen LogP contribution in [0.25, 0.3) is 11.0 Å². The minimum absolute atomic E-state index is 0.0332. The lowest BCUT2D eigenvalue weighted by Gasteiger charge is -2.36. The smallest absolute Gasteiger partial charge is 0.286 e. The Hall–Kier alpha value is -4.68. The van der Waals surface area contributed by atoms with E-state index in [1.165, 1.54) is 0 Å². The second kappa shape index (κ2) is 16.8. The SMILES string of the molecule is CCOC1OC(C(=O)NCc2ccc(C(=O)Nc3ccccc3N)cc2)=CC(c2coc3ccccc23)C1CCOCCOCCO. The van der Waals surface area contributed by atoms with Crippen molar-refractivity contribution in [1.82, 2.24) is 5.32 Å². The number of nitrogens with two attached hydrogens (primary N) is 1. The van der Waals surface area contributed by atoms with Crippen LogP contribution in [-0.2, 0) is 30.3 Å². The maximum Gasteiger partial charge on any atom is 0.286 e. The molecule has 2 heterocycles. The van der Waals surface area contributed by atoms with E-state index in [4.69, 9.17) is 34.2 Å². The van der Waals surface area contributed by atoms with Crippen LogP contribution in [0.1, 0.15) is 40.7 Å². The van der Waals surface area contributed by atoms with Gasteiger partial charge in [-0.15, -0.1) is 0 Å². The zero-order valence-electron chi connectivity index (χ0n) is 26.4. The predicted octanol–water partition coefficient (Wildman–Crippen LogP) is 4.98. The van der Waals surface area contributed by atoms with Crippen molar-refractivity contribution in [2.24, 2.45) is 5.92 Å². The molecule has 3 aromatic carbocycles. The van der Waals surface area contributed by atoms with Crippen molar-refractivity contribution < 1.29 is 38.1 Å². The molecule has 0 bridgehead atoms. The Bertz CT molecular complexity index is 1650. The Morgan fingerprint density at radius 2 is 1.66 bits per heavy atom. The number of carbonyl (C=O) groups is 2. The minimum Gasteiger partial charge on any atom is -0.464 e. The molecule has 0 spiro atoms. The van der Waals surface area contributed by atoms with Gasteiger partial charge in [-0.05, 0) is 55.3 Å². The largest absolute Gasteiger partial charge is 0.464 e. The van der Waals surface area contributed by atoms with Gasteiger partial charge in [0.25, 0.3) is 11.8 Å². The predicted molar refractivity (Wildman–Crippen MR) is 177 cm³/mol. The third-order valence-electron chi connectivity index (χ3n) is 7.89. The minimum atomic E-state index is -0.699. The van der Waals surface area contributed by atoms with E-state index in [0.717, 1.165) is 22.1 Å². The summed E-state index contributed by atoms with van der Waals surface area (Å²) in [6.45, 7) is 3.93. The molecule has 1 aliphatic heterocycles. The molecule has 0 aliphatic carbocycles. The Kier molecular flexibility index (Phi) is 12.0. The normalized spacial score (nSPS) is 17.6. The summed E-state index contributed by atoms with van der Waals surface area (Å²) in [4.78, 5) is 26.2. The number of benzene rings is 3. The number of carbonyl (C=O) groups excluding carboxylic acids is 2. The zero-order chi connectivity index (χ0) is 33.0. The van der Waals surface area contributed by atoms with E-state index in [1.54, 1.807) is 54.8 Å². The second-order valence-electron chi connectivity index (χ2n) is 11.0. The number of fused-ring (bicyclic) bond motifs is 1. The van der Waals surface area contributed by atoms with Crippen LogP contribution >= 0.6 is 0 Å². The van der Waals surface area contributed by atoms with E-state index in [2.05, 4.69) is 10.6 Å². The number of furan rings is 1. The summed E-state index contributed by atoms with van der Waals surface area (Å²) in [5, 5.41) is 15.6. The van der Waals surface area contributed by atoms with Crippen molar-refractivity contribution in [2.45, 2.75) is 32.1 Å². The van der Waals surface area contributed by atoms with Gasteiger partial charge in [0, 0.05) is 48.1 Å². The summed E-state index contributed by atoms with van der Waals surface area (Å²) in [6.07, 6.45) is 3.46. The molecular weight excluding hydrogens is 602 g/mol. The molecule has 0 saturated carbocycles. The van der Waals surface area contributed by atoms with Crippen molar-refractivity contribution in [3.8, 4) is 0 Å². The lowest BCUT2D eigenvalue weighted by atomic mass is 9.81. The molecule has 0 fully saturated rings. The Labute approximate surface area is 273 Å². The number of aliphatic hydroxyl groups is 1. The Balaban J connectivity index is 1.28. The second-order valence-corrected chi connectivity index (χ2v) is 11.0. The van der Waals surface area contributed by atoms with Gasteiger partial charge >= 0.3 is 0 Å². The van der Waals surface area contributed by atoms with Crippen LogP contribution in [0, 0.1) is 5.92 Å². The molecule has 11 nitrogen and oxygen atoms in total. The summed E-state index contributed by atoms with van der Waals surface area (Å²) in [5.74, 6) is -0.936. The molecule has 3 atom stereocenters. The highest BCUT2D eigenvalue weighted by molar-refractivity contribution is 6.05. The first-order chi connectivity index (χ1) is 23.0. The van der Waals surface area contributed by atoms with E-state index in [0.29, 0.717) is 49.8 Å². The molecule has 1 aromatic heterocycles. The number of nitrogen functional groups attached to an aromatic ring is 1. The fourth-order valence-corrected chi connectivity index (χ4v) is 5.51. The van der Waals surface area contributed by atoms with Crippen LogP contribution in [0.2, 0.25) is 0 Å². The van der Waals surface area contributed by atoms with Gasteiger partial charge < -0.3 is 44.8 Å². The average Bonchev–Trinajstić information content (AvgIpc) is 3.52. The van der Waals surface area contributed by atoms with E-state index >= 15 is 0 Å². The van der Waals surface area contributed by atoms with Gasteiger partial charge in [-0.2, -0.15) is 0 Å². The summed E-state index contributed by atoms with van der Waals surface area (Å²) in [7, 11) is 0. The molecule has 0 saturated heterocycles. The number of ether oxygens (including phenoxy) is 4. The summed E-state index contributed by atoms with van der Waals surface area (Å²) in [5.41, 5.74) is 9.92. The lowest BCUT2D eigenvalue weighted by molar-refractivity contribution is -0.168. The third-order valence-corrected chi connectivity index (χ3v) is 7.89. The van der Waals surface area contributed by atoms with Crippen molar-refractivity contribution >= 4 is 34.2 Å². The maximum atomic E-state index is 13.5. The molecule has 11 heteroatoms. The monoisotopic (exact) mass is 643 g/mol. The van der Waals surface area contributed by atoms with Crippen molar-refractivity contribution in [3.05, 3.63) is 108 Å². The van der Waals surface area contributed by atoms with Crippen molar-refractivity contribution in [2.75, 3.05) is 50.7 Å². The fourth-order valence-electron chi connectivity index (χ4n) is 5.51. The first-order valence-corrected chi connectivity index (χ1v) is 15.7. The van der Waals surface area contributed by atoms with Gasteiger partial charge in [-0.25, -0.2) is 0 Å². The Morgan fingerprint density at radius 1 is 0.915 bits per heavy atom. The van der Waals surface area contributed by atoms with Crippen LogP contribution in [0.3, 0.4) is 0 Å². The van der Waals surface area contributed by atoms with Gasteiger partial charge in [0.2, 0.25) is 6.29 Å². The first-order valence-electron chi connectivity index (χ1n) is 15.7. The topological polar surface area (TPSA) is 155 Å². The number of allylic oxidation sites excluding steroid dienone is 1. The number of para-hydroxylation sites is 3.